The number of likely N-dealkylation sites (tertiary alicyclic amines) is 1. The number of hydrogen-bond donors (Lipinski definition) is 3. The van der Waals surface area contributed by atoms with Crippen LogP contribution in [0.15, 0.2) is 30.3 Å². The molecule has 1 aliphatic heterocycles. The molecule has 1 fully saturated rings. The van der Waals surface area contributed by atoms with E-state index in [-0.39, 0.29) is 17.9 Å². The van der Waals surface area contributed by atoms with E-state index in [9.17, 15) is 9.90 Å². The van der Waals surface area contributed by atoms with Crippen LogP contribution in [-0.4, -0.2) is 41.7 Å². The molecule has 110 valence electrons. The van der Waals surface area contributed by atoms with Crippen LogP contribution in [0.1, 0.15) is 24.8 Å². The second-order valence-corrected chi connectivity index (χ2v) is 5.52. The van der Waals surface area contributed by atoms with Crippen molar-refractivity contribution in [3.63, 3.8) is 0 Å². The van der Waals surface area contributed by atoms with Crippen molar-refractivity contribution in [2.75, 3.05) is 19.6 Å². The van der Waals surface area contributed by atoms with E-state index < -0.39 is 0 Å². The van der Waals surface area contributed by atoms with Gasteiger partial charge in [-0.3, -0.25) is 10.2 Å². The fourth-order valence-electron chi connectivity index (χ4n) is 2.81. The topological polar surface area (TPSA) is 78.6 Å². The zero-order chi connectivity index (χ0) is 14.5. The molecule has 5 heteroatoms. The molecule has 3 unspecified atom stereocenters. The molecule has 0 aliphatic carbocycles. The average Bonchev–Trinajstić information content (AvgIpc) is 2.94. The van der Waals surface area contributed by atoms with Crippen molar-refractivity contribution in [2.24, 2.45) is 11.8 Å². The van der Waals surface area contributed by atoms with Crippen molar-refractivity contribution in [1.29, 1.82) is 0 Å². The number of nitrogens with one attached hydrogen (secondary N) is 1. The first kappa shape index (κ1) is 15.0. The van der Waals surface area contributed by atoms with Gasteiger partial charge in [0.1, 0.15) is 0 Å². The van der Waals surface area contributed by atoms with Crippen LogP contribution in [0.2, 0.25) is 0 Å². The fraction of sp³-hybridized carbons (Fsp3) is 0.533. The van der Waals surface area contributed by atoms with Crippen LogP contribution in [0, 0.1) is 5.92 Å². The van der Waals surface area contributed by atoms with Crippen molar-refractivity contribution < 1.29 is 9.90 Å². The molecule has 3 atom stereocenters. The van der Waals surface area contributed by atoms with Crippen molar-refractivity contribution in [3.05, 3.63) is 35.9 Å². The number of rotatable bonds is 5. The van der Waals surface area contributed by atoms with Gasteiger partial charge in [-0.2, -0.15) is 0 Å². The van der Waals surface area contributed by atoms with Crippen molar-refractivity contribution in [3.8, 4) is 0 Å². The number of hydrogen-bond acceptors (Lipinski definition) is 4. The number of carbonyl (C=O) groups is 1. The first-order chi connectivity index (χ1) is 9.61. The van der Waals surface area contributed by atoms with Crippen LogP contribution < -0.4 is 11.3 Å². The zero-order valence-electron chi connectivity index (χ0n) is 11.8. The quantitative estimate of drug-likeness (QED) is 0.415. The second-order valence-electron chi connectivity index (χ2n) is 5.52. The average molecular weight is 277 g/mol. The summed E-state index contributed by atoms with van der Waals surface area (Å²) in [5.41, 5.74) is 3.22. The minimum Gasteiger partial charge on any atom is -0.393 e. The molecular formula is C15H23N3O2. The molecule has 1 heterocycles. The monoisotopic (exact) mass is 277 g/mol. The van der Waals surface area contributed by atoms with Gasteiger partial charge < -0.3 is 10.0 Å². The lowest BCUT2D eigenvalue weighted by Gasteiger charge is -2.23. The third-order valence-electron chi connectivity index (χ3n) is 4.09. The van der Waals surface area contributed by atoms with E-state index in [0.29, 0.717) is 12.5 Å². The van der Waals surface area contributed by atoms with Crippen LogP contribution in [-0.2, 0) is 4.79 Å². The van der Waals surface area contributed by atoms with Crippen molar-refractivity contribution in [1.82, 2.24) is 10.3 Å². The van der Waals surface area contributed by atoms with E-state index in [4.69, 9.17) is 5.84 Å². The molecule has 0 bridgehead atoms. The van der Waals surface area contributed by atoms with Gasteiger partial charge in [0.15, 0.2) is 0 Å². The smallest absolute Gasteiger partial charge is 0.242 e. The van der Waals surface area contributed by atoms with E-state index in [1.54, 1.807) is 0 Å². The lowest BCUT2D eigenvalue weighted by molar-refractivity contribution is -0.123. The summed E-state index contributed by atoms with van der Waals surface area (Å²) >= 11 is 0. The number of nitrogens with zero attached hydrogens (tertiary/aromatic N) is 1. The highest BCUT2D eigenvalue weighted by Crippen LogP contribution is 2.24. The highest BCUT2D eigenvalue weighted by atomic mass is 16.3. The van der Waals surface area contributed by atoms with Gasteiger partial charge in [0.2, 0.25) is 5.91 Å². The summed E-state index contributed by atoms with van der Waals surface area (Å²) in [6, 6.07) is 9.67. The summed E-state index contributed by atoms with van der Waals surface area (Å²) in [7, 11) is 0. The Labute approximate surface area is 119 Å². The van der Waals surface area contributed by atoms with Gasteiger partial charge in [0.25, 0.3) is 0 Å². The summed E-state index contributed by atoms with van der Waals surface area (Å²) in [6.45, 7) is 4.21. The number of carbonyl (C=O) groups excluding carboxylic acids is 1. The van der Waals surface area contributed by atoms with E-state index in [1.807, 2.05) is 37.3 Å². The normalized spacial score (nSPS) is 22.4. The molecular weight excluding hydrogens is 254 g/mol. The Morgan fingerprint density at radius 1 is 1.50 bits per heavy atom. The molecule has 0 radical (unpaired) electrons. The summed E-state index contributed by atoms with van der Waals surface area (Å²) in [6.07, 6.45) is 0.683. The molecule has 1 aromatic rings. The predicted molar refractivity (Wildman–Crippen MR) is 77.7 cm³/mol. The maximum Gasteiger partial charge on any atom is 0.242 e. The van der Waals surface area contributed by atoms with Gasteiger partial charge in [-0.05, 0) is 31.4 Å². The maximum absolute atomic E-state index is 12.0. The largest absolute Gasteiger partial charge is 0.393 e. The third kappa shape index (κ3) is 3.56. The highest BCUT2D eigenvalue weighted by Gasteiger charge is 2.30. The number of aliphatic hydroxyl groups is 1. The summed E-state index contributed by atoms with van der Waals surface area (Å²) < 4.78 is 0. The first-order valence-electron chi connectivity index (χ1n) is 7.07. The minimum absolute atomic E-state index is 0.170. The summed E-state index contributed by atoms with van der Waals surface area (Å²) in [4.78, 5) is 14.2. The predicted octanol–water partition coefficient (Wildman–Crippen LogP) is 0.463. The van der Waals surface area contributed by atoms with E-state index >= 15 is 0 Å². The molecule has 0 spiro atoms. The summed E-state index contributed by atoms with van der Waals surface area (Å²) in [5.74, 6) is 5.16. The molecule has 5 nitrogen and oxygen atoms in total. The fourth-order valence-corrected chi connectivity index (χ4v) is 2.81. The molecule has 4 N–H and O–H groups in total. The minimum atomic E-state index is -0.293. The van der Waals surface area contributed by atoms with Gasteiger partial charge in [-0.15, -0.1) is 0 Å². The Hall–Kier alpha value is -1.43. The molecule has 2 rings (SSSR count). The SMILES string of the molecule is CC(O)C1CCN(CC(C(=O)NN)c2ccccc2)C1. The van der Waals surface area contributed by atoms with Gasteiger partial charge in [-0.25, -0.2) is 5.84 Å². The van der Waals surface area contributed by atoms with E-state index in [0.717, 1.165) is 25.1 Å². The van der Waals surface area contributed by atoms with Gasteiger partial charge in [-0.1, -0.05) is 30.3 Å². The Morgan fingerprint density at radius 3 is 2.75 bits per heavy atom. The van der Waals surface area contributed by atoms with Crippen LogP contribution >= 0.6 is 0 Å². The first-order valence-corrected chi connectivity index (χ1v) is 7.07. The van der Waals surface area contributed by atoms with Crippen LogP contribution in [0.3, 0.4) is 0 Å². The molecule has 0 saturated carbocycles. The van der Waals surface area contributed by atoms with E-state index in [1.165, 1.54) is 0 Å². The molecule has 0 aromatic heterocycles. The van der Waals surface area contributed by atoms with Crippen LogP contribution in [0.25, 0.3) is 0 Å². The number of amides is 1. The van der Waals surface area contributed by atoms with E-state index in [2.05, 4.69) is 10.3 Å². The number of aliphatic hydroxyl groups excluding tert-OH is 1. The second kappa shape index (κ2) is 6.83. The molecule has 1 aliphatic rings. The molecule has 1 saturated heterocycles. The maximum atomic E-state index is 12.0. The Bertz CT molecular complexity index is 436. The molecule has 20 heavy (non-hydrogen) atoms. The highest BCUT2D eigenvalue weighted by molar-refractivity contribution is 5.83. The number of nitrogens with two attached hydrogens (primary N) is 1. The number of benzene rings is 1. The molecule has 1 aromatic carbocycles. The van der Waals surface area contributed by atoms with Gasteiger partial charge in [0, 0.05) is 13.1 Å². The third-order valence-corrected chi connectivity index (χ3v) is 4.09. The standard InChI is InChI=1S/C15H23N3O2/c1-11(19)13-7-8-18(9-13)10-14(15(20)17-16)12-5-3-2-4-6-12/h2-6,11,13-14,19H,7-10,16H2,1H3,(H,17,20). The lowest BCUT2D eigenvalue weighted by atomic mass is 9.97. The van der Waals surface area contributed by atoms with Crippen molar-refractivity contribution >= 4 is 5.91 Å². The van der Waals surface area contributed by atoms with Crippen LogP contribution in [0.5, 0.6) is 0 Å². The Kier molecular flexibility index (Phi) is 5.11. The summed E-state index contributed by atoms with van der Waals surface area (Å²) in [5, 5.41) is 9.65. The van der Waals surface area contributed by atoms with Crippen molar-refractivity contribution in [2.45, 2.75) is 25.4 Å². The zero-order valence-corrected chi connectivity index (χ0v) is 11.8. The lowest BCUT2D eigenvalue weighted by Crippen LogP contribution is -2.40. The van der Waals surface area contributed by atoms with Gasteiger partial charge >= 0.3 is 0 Å². The van der Waals surface area contributed by atoms with Crippen LogP contribution in [0.4, 0.5) is 0 Å². The molecule has 1 amide bonds. The number of hydrazine groups is 1. The Balaban J connectivity index is 2.04. The van der Waals surface area contributed by atoms with Gasteiger partial charge in [0.05, 0.1) is 12.0 Å². The Morgan fingerprint density at radius 2 is 2.20 bits per heavy atom.